The number of unbranched alkanes of at least 4 members (excludes halogenated alkanes) is 2. The second-order valence-electron chi connectivity index (χ2n) is 4.49. The monoisotopic (exact) mass is 314 g/mol. The van der Waals surface area contributed by atoms with Crippen molar-refractivity contribution < 1.29 is 16.8 Å². The van der Waals surface area contributed by atoms with Gasteiger partial charge in [0.15, 0.2) is 0 Å². The minimum Gasteiger partial charge on any atom is -0.215 e. The molecule has 0 aromatic heterocycles. The molecule has 0 amide bonds. The first-order valence-electron chi connectivity index (χ1n) is 6.77. The Bertz CT molecular complexity index is 378. The van der Waals surface area contributed by atoms with E-state index in [2.05, 4.69) is 9.44 Å². The number of hydrogen-bond acceptors (Lipinski definition) is 4. The maximum absolute atomic E-state index is 11.4. The summed E-state index contributed by atoms with van der Waals surface area (Å²) in [5, 5.41) is 0. The molecule has 0 heterocycles. The molecule has 19 heavy (non-hydrogen) atoms. The van der Waals surface area contributed by atoms with Crippen molar-refractivity contribution in [2.24, 2.45) is 0 Å². The average Bonchev–Trinajstić information content (AvgIpc) is 2.33. The van der Waals surface area contributed by atoms with Crippen LogP contribution in [0.3, 0.4) is 0 Å². The molecular formula is C11H26N2O4S2. The van der Waals surface area contributed by atoms with Crippen molar-refractivity contribution >= 4 is 20.0 Å². The maximum atomic E-state index is 11.4. The van der Waals surface area contributed by atoms with E-state index in [1.165, 1.54) is 0 Å². The van der Waals surface area contributed by atoms with E-state index < -0.39 is 20.0 Å². The molecule has 0 atom stereocenters. The highest BCUT2D eigenvalue weighted by molar-refractivity contribution is 7.89. The van der Waals surface area contributed by atoms with Crippen LogP contribution in [0, 0.1) is 0 Å². The van der Waals surface area contributed by atoms with Crippen LogP contribution in [0.1, 0.15) is 46.0 Å². The molecule has 0 fully saturated rings. The van der Waals surface area contributed by atoms with Crippen molar-refractivity contribution in [3.05, 3.63) is 0 Å². The minimum atomic E-state index is -3.20. The molecular weight excluding hydrogens is 288 g/mol. The molecule has 0 aromatic rings. The zero-order valence-corrected chi connectivity index (χ0v) is 13.4. The fourth-order valence-electron chi connectivity index (χ4n) is 1.36. The van der Waals surface area contributed by atoms with Gasteiger partial charge in [-0.3, -0.25) is 0 Å². The van der Waals surface area contributed by atoms with Crippen molar-refractivity contribution in [1.82, 2.24) is 9.44 Å². The third-order valence-electron chi connectivity index (χ3n) is 2.53. The number of nitrogens with one attached hydrogen (secondary N) is 2. The highest BCUT2D eigenvalue weighted by Gasteiger charge is 2.10. The van der Waals surface area contributed by atoms with E-state index in [0.29, 0.717) is 19.3 Å². The lowest BCUT2D eigenvalue weighted by Crippen LogP contribution is -2.32. The molecule has 0 spiro atoms. The molecule has 2 N–H and O–H groups in total. The quantitative estimate of drug-likeness (QED) is 0.522. The van der Waals surface area contributed by atoms with Gasteiger partial charge in [-0.05, 0) is 19.3 Å². The van der Waals surface area contributed by atoms with Crippen molar-refractivity contribution in [2.45, 2.75) is 46.0 Å². The summed E-state index contributed by atoms with van der Waals surface area (Å²) in [6.07, 6.45) is 3.39. The van der Waals surface area contributed by atoms with E-state index >= 15 is 0 Å². The SMILES string of the molecule is CCCCS(=O)(=O)NCCCNS(=O)(=O)CCCC. The van der Waals surface area contributed by atoms with Crippen LogP contribution in [-0.2, 0) is 20.0 Å². The standard InChI is InChI=1S/C11H26N2O4S2/c1-3-5-10-18(14,15)12-8-7-9-13-19(16,17)11-6-4-2/h12-13H,3-11H2,1-2H3. The van der Waals surface area contributed by atoms with Gasteiger partial charge in [-0.2, -0.15) is 0 Å². The Morgan fingerprint density at radius 3 is 1.37 bits per heavy atom. The molecule has 0 unspecified atom stereocenters. The van der Waals surface area contributed by atoms with Gasteiger partial charge in [0.2, 0.25) is 20.0 Å². The van der Waals surface area contributed by atoms with Crippen molar-refractivity contribution in [3.8, 4) is 0 Å². The predicted molar refractivity (Wildman–Crippen MR) is 78.0 cm³/mol. The van der Waals surface area contributed by atoms with Gasteiger partial charge in [0.25, 0.3) is 0 Å². The Morgan fingerprint density at radius 1 is 0.684 bits per heavy atom. The number of rotatable bonds is 12. The van der Waals surface area contributed by atoms with Crippen molar-refractivity contribution in [3.63, 3.8) is 0 Å². The molecule has 0 saturated heterocycles. The summed E-state index contributed by atoms with van der Waals surface area (Å²) >= 11 is 0. The summed E-state index contributed by atoms with van der Waals surface area (Å²) in [4.78, 5) is 0. The van der Waals surface area contributed by atoms with Crippen LogP contribution in [0.5, 0.6) is 0 Å². The van der Waals surface area contributed by atoms with E-state index in [1.54, 1.807) is 0 Å². The third-order valence-corrected chi connectivity index (χ3v) is 5.47. The Balaban J connectivity index is 3.76. The Morgan fingerprint density at radius 2 is 1.05 bits per heavy atom. The molecule has 6 nitrogen and oxygen atoms in total. The molecule has 0 saturated carbocycles. The van der Waals surface area contributed by atoms with Gasteiger partial charge in [-0.15, -0.1) is 0 Å². The molecule has 0 rings (SSSR count). The van der Waals surface area contributed by atoms with Gasteiger partial charge >= 0.3 is 0 Å². The maximum Gasteiger partial charge on any atom is 0.211 e. The summed E-state index contributed by atoms with van der Waals surface area (Å²) in [5.74, 6) is 0.261. The minimum absolute atomic E-state index is 0.131. The van der Waals surface area contributed by atoms with Crippen molar-refractivity contribution in [1.29, 1.82) is 0 Å². The zero-order chi connectivity index (χ0) is 14.8. The molecule has 8 heteroatoms. The molecule has 0 bridgehead atoms. The molecule has 0 aliphatic heterocycles. The zero-order valence-electron chi connectivity index (χ0n) is 11.8. The van der Waals surface area contributed by atoms with Crippen LogP contribution in [0.25, 0.3) is 0 Å². The molecule has 0 radical (unpaired) electrons. The third kappa shape index (κ3) is 11.4. The predicted octanol–water partition coefficient (Wildman–Crippen LogP) is 0.816. The number of sulfonamides is 2. The molecule has 0 aromatic carbocycles. The second kappa shape index (κ2) is 9.68. The lowest BCUT2D eigenvalue weighted by atomic mass is 10.4. The highest BCUT2D eigenvalue weighted by Crippen LogP contribution is 1.95. The molecule has 0 aliphatic rings. The topological polar surface area (TPSA) is 92.3 Å². The van der Waals surface area contributed by atoms with Crippen LogP contribution in [-0.4, -0.2) is 41.4 Å². The normalized spacial score (nSPS) is 12.7. The van der Waals surface area contributed by atoms with Gasteiger partial charge in [0.05, 0.1) is 11.5 Å². The van der Waals surface area contributed by atoms with Gasteiger partial charge in [-0.25, -0.2) is 26.3 Å². The lowest BCUT2D eigenvalue weighted by Gasteiger charge is -2.07. The molecule has 116 valence electrons. The largest absolute Gasteiger partial charge is 0.215 e. The average molecular weight is 314 g/mol. The first-order valence-corrected chi connectivity index (χ1v) is 10.1. The van der Waals surface area contributed by atoms with Gasteiger partial charge < -0.3 is 0 Å². The first kappa shape index (κ1) is 18.8. The van der Waals surface area contributed by atoms with Crippen LogP contribution in [0.15, 0.2) is 0 Å². The fraction of sp³-hybridized carbons (Fsp3) is 1.00. The van der Waals surface area contributed by atoms with E-state index in [-0.39, 0.29) is 24.6 Å². The van der Waals surface area contributed by atoms with Crippen LogP contribution < -0.4 is 9.44 Å². The van der Waals surface area contributed by atoms with Crippen LogP contribution >= 0.6 is 0 Å². The Labute approximate surface area is 117 Å². The fourth-order valence-corrected chi connectivity index (χ4v) is 3.89. The summed E-state index contributed by atoms with van der Waals surface area (Å²) in [6, 6.07) is 0. The lowest BCUT2D eigenvalue weighted by molar-refractivity contribution is 0.569. The first-order chi connectivity index (χ1) is 8.83. The van der Waals surface area contributed by atoms with Gasteiger partial charge in [-0.1, -0.05) is 26.7 Å². The Hall–Kier alpha value is -0.180. The van der Waals surface area contributed by atoms with Crippen LogP contribution in [0.2, 0.25) is 0 Å². The summed E-state index contributed by atoms with van der Waals surface area (Å²) in [5.41, 5.74) is 0. The number of hydrogen-bond donors (Lipinski definition) is 2. The summed E-state index contributed by atoms with van der Waals surface area (Å²) in [6.45, 7) is 4.39. The van der Waals surface area contributed by atoms with Crippen LogP contribution in [0.4, 0.5) is 0 Å². The van der Waals surface area contributed by atoms with Gasteiger partial charge in [0.1, 0.15) is 0 Å². The van der Waals surface area contributed by atoms with E-state index in [9.17, 15) is 16.8 Å². The van der Waals surface area contributed by atoms with Crippen molar-refractivity contribution in [2.75, 3.05) is 24.6 Å². The Kier molecular flexibility index (Phi) is 9.59. The summed E-state index contributed by atoms with van der Waals surface area (Å²) in [7, 11) is -6.40. The highest BCUT2D eigenvalue weighted by atomic mass is 32.2. The van der Waals surface area contributed by atoms with E-state index in [1.807, 2.05) is 13.8 Å². The van der Waals surface area contributed by atoms with Gasteiger partial charge in [0, 0.05) is 13.1 Å². The second-order valence-corrected chi connectivity index (χ2v) is 8.34. The smallest absolute Gasteiger partial charge is 0.211 e. The van der Waals surface area contributed by atoms with E-state index in [4.69, 9.17) is 0 Å². The molecule has 0 aliphatic carbocycles. The van der Waals surface area contributed by atoms with E-state index in [0.717, 1.165) is 12.8 Å². The summed E-state index contributed by atoms with van der Waals surface area (Å²) < 4.78 is 50.7.